The van der Waals surface area contributed by atoms with E-state index in [1.807, 2.05) is 0 Å². The first-order valence-electron chi connectivity index (χ1n) is 5.75. The fourth-order valence-electron chi connectivity index (χ4n) is 3.07. The number of fused-ring (bicyclic) bond motifs is 1. The molecule has 4 aliphatic rings. The van der Waals surface area contributed by atoms with Gasteiger partial charge in [0.2, 0.25) is 0 Å². The van der Waals surface area contributed by atoms with E-state index in [-0.39, 0.29) is 0 Å². The summed E-state index contributed by atoms with van der Waals surface area (Å²) < 4.78 is 45.6. The van der Waals surface area contributed by atoms with E-state index < -0.39 is 40.0 Å². The molecular formula is C10H13NO6S. The SMILES string of the molecule is CC1(C)O[C@H]2O[C@@H]3CNC4=CS(=O)(=O)O[C@]43[C@H]2O1. The van der Waals surface area contributed by atoms with Gasteiger partial charge in [0.15, 0.2) is 23.8 Å². The second kappa shape index (κ2) is 2.91. The minimum atomic E-state index is -3.68. The van der Waals surface area contributed by atoms with Crippen molar-refractivity contribution in [1.82, 2.24) is 5.32 Å². The maximum absolute atomic E-state index is 11.6. The highest BCUT2D eigenvalue weighted by Gasteiger charge is 2.72. The summed E-state index contributed by atoms with van der Waals surface area (Å²) >= 11 is 0. The van der Waals surface area contributed by atoms with Crippen LogP contribution in [-0.2, 0) is 28.5 Å². The Kier molecular flexibility index (Phi) is 1.81. The maximum atomic E-state index is 11.6. The summed E-state index contributed by atoms with van der Waals surface area (Å²) in [4.78, 5) is 0. The molecule has 100 valence electrons. The third-order valence-electron chi connectivity index (χ3n) is 3.67. The predicted molar refractivity (Wildman–Crippen MR) is 57.5 cm³/mol. The molecule has 0 aliphatic carbocycles. The summed E-state index contributed by atoms with van der Waals surface area (Å²) in [6.45, 7) is 4.01. The van der Waals surface area contributed by atoms with Crippen molar-refractivity contribution in [3.8, 4) is 0 Å². The van der Waals surface area contributed by atoms with E-state index >= 15 is 0 Å². The molecule has 1 spiro atoms. The Morgan fingerprint density at radius 2 is 2.17 bits per heavy atom. The lowest BCUT2D eigenvalue weighted by molar-refractivity contribution is -0.216. The van der Waals surface area contributed by atoms with Crippen molar-refractivity contribution < 1.29 is 26.8 Å². The van der Waals surface area contributed by atoms with Crippen molar-refractivity contribution in [3.05, 3.63) is 11.1 Å². The lowest BCUT2D eigenvalue weighted by Gasteiger charge is -2.28. The van der Waals surface area contributed by atoms with Crippen molar-refractivity contribution in [2.24, 2.45) is 0 Å². The molecule has 0 saturated carbocycles. The molecule has 0 unspecified atom stereocenters. The minimum Gasteiger partial charge on any atom is -0.382 e. The van der Waals surface area contributed by atoms with E-state index in [0.717, 1.165) is 5.41 Å². The Morgan fingerprint density at radius 1 is 1.39 bits per heavy atom. The van der Waals surface area contributed by atoms with Crippen LogP contribution < -0.4 is 5.32 Å². The van der Waals surface area contributed by atoms with Gasteiger partial charge in [-0.15, -0.1) is 0 Å². The Labute approximate surface area is 104 Å². The molecule has 0 radical (unpaired) electrons. The summed E-state index contributed by atoms with van der Waals surface area (Å²) in [5, 5.41) is 4.11. The second-order valence-electron chi connectivity index (χ2n) is 5.33. The van der Waals surface area contributed by atoms with Gasteiger partial charge in [-0.2, -0.15) is 8.42 Å². The zero-order valence-corrected chi connectivity index (χ0v) is 10.7. The van der Waals surface area contributed by atoms with Crippen LogP contribution in [0, 0.1) is 0 Å². The topological polar surface area (TPSA) is 83.1 Å². The van der Waals surface area contributed by atoms with Crippen molar-refractivity contribution in [3.63, 3.8) is 0 Å². The third kappa shape index (κ3) is 1.19. The van der Waals surface area contributed by atoms with E-state index in [1.54, 1.807) is 13.8 Å². The Hall–Kier alpha value is -0.670. The van der Waals surface area contributed by atoms with Gasteiger partial charge < -0.3 is 19.5 Å². The minimum absolute atomic E-state index is 0.410. The van der Waals surface area contributed by atoms with Crippen LogP contribution in [0.25, 0.3) is 0 Å². The molecule has 4 rings (SSSR count). The smallest absolute Gasteiger partial charge is 0.292 e. The highest BCUT2D eigenvalue weighted by atomic mass is 32.2. The van der Waals surface area contributed by atoms with Gasteiger partial charge in [-0.1, -0.05) is 0 Å². The van der Waals surface area contributed by atoms with Crippen LogP contribution in [0.1, 0.15) is 13.8 Å². The van der Waals surface area contributed by atoms with Gasteiger partial charge in [0.25, 0.3) is 10.1 Å². The average molecular weight is 275 g/mol. The quantitative estimate of drug-likeness (QED) is 0.591. The molecular weight excluding hydrogens is 262 g/mol. The third-order valence-corrected chi connectivity index (χ3v) is 4.70. The fraction of sp³-hybridized carbons (Fsp3) is 0.800. The number of nitrogens with one attached hydrogen (secondary N) is 1. The molecule has 3 fully saturated rings. The van der Waals surface area contributed by atoms with E-state index in [4.69, 9.17) is 18.4 Å². The van der Waals surface area contributed by atoms with E-state index in [0.29, 0.717) is 12.2 Å². The molecule has 0 aromatic heterocycles. The zero-order chi connectivity index (χ0) is 12.8. The number of hydrogen-bond acceptors (Lipinski definition) is 7. The van der Waals surface area contributed by atoms with Crippen molar-refractivity contribution in [2.75, 3.05) is 6.54 Å². The molecule has 3 saturated heterocycles. The number of rotatable bonds is 0. The molecule has 18 heavy (non-hydrogen) atoms. The van der Waals surface area contributed by atoms with Crippen molar-refractivity contribution in [1.29, 1.82) is 0 Å². The van der Waals surface area contributed by atoms with Gasteiger partial charge in [0.1, 0.15) is 6.10 Å². The second-order valence-corrected chi connectivity index (χ2v) is 6.72. The van der Waals surface area contributed by atoms with Crippen LogP contribution in [0.4, 0.5) is 0 Å². The standard InChI is InChI=1S/C10H13NO6S/c1-9(2)15-7-8(16-9)14-6-3-11-5-4-18(12,13)17-10(5,6)7/h4,6-8,11H,3H2,1-2H3/t6-,7+,8-,10-/m1/s1. The van der Waals surface area contributed by atoms with Crippen LogP contribution in [0.15, 0.2) is 11.1 Å². The van der Waals surface area contributed by atoms with Gasteiger partial charge in [0.05, 0.1) is 11.1 Å². The van der Waals surface area contributed by atoms with E-state index in [9.17, 15) is 8.42 Å². The molecule has 8 heteroatoms. The first-order chi connectivity index (χ1) is 8.32. The van der Waals surface area contributed by atoms with Crippen molar-refractivity contribution >= 4 is 10.1 Å². The molecule has 0 amide bonds. The monoisotopic (exact) mass is 275 g/mol. The highest BCUT2D eigenvalue weighted by molar-refractivity contribution is 7.90. The highest BCUT2D eigenvalue weighted by Crippen LogP contribution is 2.53. The first kappa shape index (κ1) is 11.2. The summed E-state index contributed by atoms with van der Waals surface area (Å²) in [6, 6.07) is 0. The lowest BCUT2D eigenvalue weighted by atomic mass is 9.93. The van der Waals surface area contributed by atoms with Crippen LogP contribution in [0.2, 0.25) is 0 Å². The summed E-state index contributed by atoms with van der Waals surface area (Å²) in [5.41, 5.74) is -0.599. The molecule has 0 aromatic rings. The average Bonchev–Trinajstić information content (AvgIpc) is 2.81. The van der Waals surface area contributed by atoms with Gasteiger partial charge in [-0.3, -0.25) is 0 Å². The molecule has 1 N–H and O–H groups in total. The largest absolute Gasteiger partial charge is 0.382 e. The molecule has 7 nitrogen and oxygen atoms in total. The van der Waals surface area contributed by atoms with Gasteiger partial charge in [-0.25, -0.2) is 4.18 Å². The van der Waals surface area contributed by atoms with Gasteiger partial charge in [0, 0.05) is 6.54 Å². The van der Waals surface area contributed by atoms with Crippen LogP contribution >= 0.6 is 0 Å². The number of hydrogen-bond donors (Lipinski definition) is 1. The Balaban J connectivity index is 1.82. The van der Waals surface area contributed by atoms with E-state index in [1.165, 1.54) is 0 Å². The summed E-state index contributed by atoms with van der Waals surface area (Å²) in [7, 11) is -3.68. The van der Waals surface area contributed by atoms with E-state index in [2.05, 4.69) is 5.32 Å². The van der Waals surface area contributed by atoms with Gasteiger partial charge >= 0.3 is 0 Å². The fourth-order valence-corrected chi connectivity index (χ4v) is 4.35. The summed E-state index contributed by atoms with van der Waals surface area (Å²) in [6.07, 6.45) is -1.58. The Morgan fingerprint density at radius 3 is 2.94 bits per heavy atom. The predicted octanol–water partition coefficient (Wildman–Crippen LogP) is -0.594. The maximum Gasteiger partial charge on any atom is 0.292 e. The molecule has 0 bridgehead atoms. The summed E-state index contributed by atoms with van der Waals surface area (Å²) in [5.74, 6) is -0.807. The van der Waals surface area contributed by atoms with Crippen LogP contribution in [-0.4, -0.2) is 44.8 Å². The van der Waals surface area contributed by atoms with Gasteiger partial charge in [-0.05, 0) is 13.8 Å². The van der Waals surface area contributed by atoms with Crippen LogP contribution in [0.5, 0.6) is 0 Å². The lowest BCUT2D eigenvalue weighted by Crippen LogP contribution is -2.48. The van der Waals surface area contributed by atoms with Crippen LogP contribution in [0.3, 0.4) is 0 Å². The Bertz CT molecular complexity index is 555. The zero-order valence-electron chi connectivity index (χ0n) is 9.87. The molecule has 4 aliphatic heterocycles. The first-order valence-corrected chi connectivity index (χ1v) is 7.22. The molecule has 0 aromatic carbocycles. The van der Waals surface area contributed by atoms with Crippen molar-refractivity contribution in [2.45, 2.75) is 43.7 Å². The number of ether oxygens (including phenoxy) is 3. The normalized spacial score (nSPS) is 50.3. The molecule has 4 heterocycles. The molecule has 4 atom stereocenters.